The summed E-state index contributed by atoms with van der Waals surface area (Å²) >= 11 is 6.08. The number of rotatable bonds is 5. The van der Waals surface area contributed by atoms with Crippen LogP contribution in [-0.4, -0.2) is 53.9 Å². The summed E-state index contributed by atoms with van der Waals surface area (Å²) in [5, 5.41) is 7.44. The quantitative estimate of drug-likeness (QED) is 0.869. The number of anilines is 2. The fourth-order valence-electron chi connectivity index (χ4n) is 3.52. The Morgan fingerprint density at radius 1 is 1.15 bits per heavy atom. The number of para-hydroxylation sites is 1. The van der Waals surface area contributed by atoms with Gasteiger partial charge in [-0.05, 0) is 25.0 Å². The van der Waals surface area contributed by atoms with Crippen molar-refractivity contribution in [2.24, 2.45) is 7.05 Å². The van der Waals surface area contributed by atoms with Gasteiger partial charge in [-0.25, -0.2) is 4.68 Å². The monoisotopic (exact) mass is 375 g/mol. The van der Waals surface area contributed by atoms with Gasteiger partial charge in [0, 0.05) is 52.0 Å². The Kier molecular flexibility index (Phi) is 5.84. The molecule has 0 saturated carbocycles. The molecule has 0 radical (unpaired) electrons. The highest BCUT2D eigenvalue weighted by Crippen LogP contribution is 2.25. The van der Waals surface area contributed by atoms with Gasteiger partial charge < -0.3 is 10.2 Å². The van der Waals surface area contributed by atoms with Crippen LogP contribution < -0.4 is 15.8 Å². The Morgan fingerprint density at radius 2 is 1.81 bits per heavy atom. The van der Waals surface area contributed by atoms with Crippen molar-refractivity contribution in [1.29, 1.82) is 0 Å². The van der Waals surface area contributed by atoms with E-state index in [-0.39, 0.29) is 5.56 Å². The predicted molar refractivity (Wildman–Crippen MR) is 108 cm³/mol. The third-order valence-electron chi connectivity index (χ3n) is 4.95. The van der Waals surface area contributed by atoms with E-state index in [1.165, 1.54) is 27.7 Å². The molecule has 6 nitrogen and oxygen atoms in total. The third kappa shape index (κ3) is 4.02. The van der Waals surface area contributed by atoms with Crippen LogP contribution >= 0.6 is 11.6 Å². The lowest BCUT2D eigenvalue weighted by molar-refractivity contribution is 0.267. The molecule has 1 fully saturated rings. The first-order valence-corrected chi connectivity index (χ1v) is 9.34. The van der Waals surface area contributed by atoms with E-state index in [9.17, 15) is 4.79 Å². The molecule has 0 atom stereocenters. The van der Waals surface area contributed by atoms with Gasteiger partial charge in [-0.15, -0.1) is 0 Å². The van der Waals surface area contributed by atoms with Gasteiger partial charge in [0.25, 0.3) is 5.56 Å². The second-order valence-corrected chi connectivity index (χ2v) is 7.20. The summed E-state index contributed by atoms with van der Waals surface area (Å²) in [5.74, 6) is 0. The number of hydrogen-bond acceptors (Lipinski definition) is 5. The Morgan fingerprint density at radius 3 is 2.46 bits per heavy atom. The van der Waals surface area contributed by atoms with Crippen LogP contribution in [-0.2, 0) is 7.05 Å². The molecule has 2 heterocycles. The summed E-state index contributed by atoms with van der Waals surface area (Å²) in [6, 6.07) is 6.47. The number of nitrogens with one attached hydrogen (secondary N) is 1. The zero-order valence-electron chi connectivity index (χ0n) is 15.6. The maximum atomic E-state index is 12.1. The van der Waals surface area contributed by atoms with Crippen LogP contribution in [0.15, 0.2) is 29.2 Å². The van der Waals surface area contributed by atoms with Crippen molar-refractivity contribution in [3.8, 4) is 0 Å². The minimum absolute atomic E-state index is 0.197. The van der Waals surface area contributed by atoms with Crippen LogP contribution in [0.25, 0.3) is 0 Å². The van der Waals surface area contributed by atoms with E-state index >= 15 is 0 Å². The SMILES string of the molecule is Cc1cccc(C)c1N1CCN(CCNc2c(Cl)cnn(C)c2=O)CC1. The van der Waals surface area contributed by atoms with Crippen LogP contribution in [0, 0.1) is 13.8 Å². The van der Waals surface area contributed by atoms with Crippen molar-refractivity contribution < 1.29 is 0 Å². The topological polar surface area (TPSA) is 53.4 Å². The Labute approximate surface area is 159 Å². The molecule has 0 spiro atoms. The molecule has 1 saturated heterocycles. The van der Waals surface area contributed by atoms with E-state index in [1.54, 1.807) is 7.05 Å². The molecule has 1 aliphatic heterocycles. The van der Waals surface area contributed by atoms with E-state index in [2.05, 4.69) is 52.3 Å². The normalized spacial score (nSPS) is 15.3. The van der Waals surface area contributed by atoms with Crippen LogP contribution in [0.3, 0.4) is 0 Å². The first-order chi connectivity index (χ1) is 12.5. The largest absolute Gasteiger partial charge is 0.378 e. The maximum Gasteiger partial charge on any atom is 0.291 e. The highest BCUT2D eigenvalue weighted by molar-refractivity contribution is 6.32. The fraction of sp³-hybridized carbons (Fsp3) is 0.474. The highest BCUT2D eigenvalue weighted by Gasteiger charge is 2.19. The van der Waals surface area contributed by atoms with Crippen LogP contribution in [0.5, 0.6) is 0 Å². The lowest BCUT2D eigenvalue weighted by Crippen LogP contribution is -2.48. The highest BCUT2D eigenvalue weighted by atomic mass is 35.5. The summed E-state index contributed by atoms with van der Waals surface area (Å²) in [6.45, 7) is 9.97. The zero-order valence-corrected chi connectivity index (χ0v) is 16.4. The summed E-state index contributed by atoms with van der Waals surface area (Å²) in [7, 11) is 1.62. The Balaban J connectivity index is 1.52. The van der Waals surface area contributed by atoms with E-state index in [4.69, 9.17) is 11.6 Å². The standard InChI is InChI=1S/C19H26ClN5O/c1-14-5-4-6-15(2)18(14)25-11-9-24(10-12-25)8-7-21-17-16(20)13-22-23(3)19(17)26/h4-6,13,21H,7-12H2,1-3H3. The maximum absolute atomic E-state index is 12.1. The average molecular weight is 376 g/mol. The Hall–Kier alpha value is -2.05. The molecular formula is C19H26ClN5O. The second-order valence-electron chi connectivity index (χ2n) is 6.79. The van der Waals surface area contributed by atoms with E-state index in [0.717, 1.165) is 32.7 Å². The number of aromatic nitrogens is 2. The number of aryl methyl sites for hydroxylation is 3. The lowest BCUT2D eigenvalue weighted by atomic mass is 10.1. The van der Waals surface area contributed by atoms with Gasteiger partial charge >= 0.3 is 0 Å². The molecule has 1 N–H and O–H groups in total. The van der Waals surface area contributed by atoms with Crippen LogP contribution in [0.4, 0.5) is 11.4 Å². The van der Waals surface area contributed by atoms with E-state index in [1.807, 2.05) is 0 Å². The van der Waals surface area contributed by atoms with Crippen molar-refractivity contribution >= 4 is 23.0 Å². The predicted octanol–water partition coefficient (Wildman–Crippen LogP) is 2.28. The third-order valence-corrected chi connectivity index (χ3v) is 5.24. The minimum atomic E-state index is -0.197. The smallest absolute Gasteiger partial charge is 0.291 e. The van der Waals surface area contributed by atoms with E-state index in [0.29, 0.717) is 17.3 Å². The van der Waals surface area contributed by atoms with Crippen LogP contribution in [0.1, 0.15) is 11.1 Å². The van der Waals surface area contributed by atoms with E-state index < -0.39 is 0 Å². The molecule has 7 heteroatoms. The molecule has 26 heavy (non-hydrogen) atoms. The van der Waals surface area contributed by atoms with Crippen molar-refractivity contribution in [3.05, 3.63) is 50.9 Å². The van der Waals surface area contributed by atoms with Crippen molar-refractivity contribution in [2.45, 2.75) is 13.8 Å². The van der Waals surface area contributed by atoms with Crippen molar-refractivity contribution in [2.75, 3.05) is 49.5 Å². The van der Waals surface area contributed by atoms with Crippen molar-refractivity contribution in [1.82, 2.24) is 14.7 Å². The van der Waals surface area contributed by atoms with Gasteiger partial charge in [0.2, 0.25) is 0 Å². The molecule has 0 aliphatic carbocycles. The lowest BCUT2D eigenvalue weighted by Gasteiger charge is -2.37. The molecule has 140 valence electrons. The number of hydrogen-bond donors (Lipinski definition) is 1. The van der Waals surface area contributed by atoms with Crippen molar-refractivity contribution in [3.63, 3.8) is 0 Å². The van der Waals surface area contributed by atoms with Gasteiger partial charge in [0.1, 0.15) is 5.69 Å². The number of nitrogens with zero attached hydrogens (tertiary/aromatic N) is 4. The number of halogens is 1. The van der Waals surface area contributed by atoms with Gasteiger partial charge in [-0.2, -0.15) is 5.10 Å². The molecule has 0 amide bonds. The van der Waals surface area contributed by atoms with Gasteiger partial charge in [-0.1, -0.05) is 29.8 Å². The van der Waals surface area contributed by atoms with Gasteiger partial charge in [-0.3, -0.25) is 9.69 Å². The molecule has 1 aromatic carbocycles. The first-order valence-electron chi connectivity index (χ1n) is 8.96. The van der Waals surface area contributed by atoms with Crippen LogP contribution in [0.2, 0.25) is 5.02 Å². The van der Waals surface area contributed by atoms with Gasteiger partial charge in [0.15, 0.2) is 0 Å². The molecular weight excluding hydrogens is 350 g/mol. The molecule has 2 aromatic rings. The summed E-state index contributed by atoms with van der Waals surface area (Å²) in [6.07, 6.45) is 1.49. The number of piperazine rings is 1. The number of benzene rings is 1. The summed E-state index contributed by atoms with van der Waals surface area (Å²) in [5.41, 5.74) is 4.28. The molecule has 3 rings (SSSR count). The summed E-state index contributed by atoms with van der Waals surface area (Å²) < 4.78 is 1.29. The molecule has 0 unspecified atom stereocenters. The molecule has 0 bridgehead atoms. The molecule has 1 aliphatic rings. The first kappa shape index (κ1) is 18.7. The second kappa shape index (κ2) is 8.10. The fourth-order valence-corrected chi connectivity index (χ4v) is 3.71. The Bertz CT molecular complexity index is 807. The van der Waals surface area contributed by atoms with Gasteiger partial charge in [0.05, 0.1) is 11.2 Å². The zero-order chi connectivity index (χ0) is 18.7. The summed E-state index contributed by atoms with van der Waals surface area (Å²) in [4.78, 5) is 17.0. The average Bonchev–Trinajstić information content (AvgIpc) is 2.62. The molecule has 1 aromatic heterocycles. The minimum Gasteiger partial charge on any atom is -0.378 e.